The van der Waals surface area contributed by atoms with Gasteiger partial charge in [0.15, 0.2) is 0 Å². The van der Waals surface area contributed by atoms with Crippen molar-refractivity contribution in [2.24, 2.45) is 0 Å². The molecule has 156 valence electrons. The predicted molar refractivity (Wildman–Crippen MR) is 111 cm³/mol. The lowest BCUT2D eigenvalue weighted by atomic mass is 9.90. The van der Waals surface area contributed by atoms with E-state index in [-0.39, 0.29) is 17.8 Å². The Morgan fingerprint density at radius 2 is 1.97 bits per heavy atom. The molecule has 0 radical (unpaired) electrons. The third-order valence-corrected chi connectivity index (χ3v) is 5.49. The largest absolute Gasteiger partial charge is 0.494 e. The fourth-order valence-corrected chi connectivity index (χ4v) is 3.60. The fraction of sp³-hybridized carbons (Fsp3) is 0.348. The predicted octanol–water partition coefficient (Wildman–Crippen LogP) is 4.18. The lowest BCUT2D eigenvalue weighted by molar-refractivity contribution is 0.0565. The molecule has 6 nitrogen and oxygen atoms in total. The second kappa shape index (κ2) is 9.07. The molecule has 1 heterocycles. The normalized spacial score (nSPS) is 13.7. The van der Waals surface area contributed by atoms with E-state index in [4.69, 9.17) is 4.74 Å². The van der Waals surface area contributed by atoms with Gasteiger partial charge in [0.25, 0.3) is 5.91 Å². The van der Waals surface area contributed by atoms with Gasteiger partial charge in [0, 0.05) is 12.6 Å². The summed E-state index contributed by atoms with van der Waals surface area (Å²) in [6, 6.07) is 12.4. The fourth-order valence-electron chi connectivity index (χ4n) is 3.60. The summed E-state index contributed by atoms with van der Waals surface area (Å²) in [6.07, 6.45) is 7.07. The number of para-hydroxylation sites is 1. The number of rotatable bonds is 8. The molecule has 1 aromatic heterocycles. The Balaban J connectivity index is 1.43. The lowest BCUT2D eigenvalue weighted by Crippen LogP contribution is -2.45. The van der Waals surface area contributed by atoms with E-state index in [1.54, 1.807) is 31.5 Å². The molecular formula is C23H25FN4O2. The highest BCUT2D eigenvalue weighted by atomic mass is 19.1. The summed E-state index contributed by atoms with van der Waals surface area (Å²) in [5.41, 5.74) is 1.83. The highest BCUT2D eigenvalue weighted by Gasteiger charge is 2.30. The van der Waals surface area contributed by atoms with Crippen molar-refractivity contribution in [3.63, 3.8) is 0 Å². The highest BCUT2D eigenvalue weighted by molar-refractivity contribution is 5.98. The van der Waals surface area contributed by atoms with E-state index in [0.29, 0.717) is 42.1 Å². The highest BCUT2D eigenvalue weighted by Crippen LogP contribution is 2.28. The van der Waals surface area contributed by atoms with E-state index < -0.39 is 0 Å². The summed E-state index contributed by atoms with van der Waals surface area (Å²) in [6.45, 7) is 2.78. The number of carbonyl (C=O) groups excluding carboxylic acids is 1. The Hall–Kier alpha value is -3.22. The zero-order chi connectivity index (χ0) is 20.9. The van der Waals surface area contributed by atoms with Gasteiger partial charge in [-0.3, -0.25) is 4.79 Å². The van der Waals surface area contributed by atoms with E-state index in [1.807, 2.05) is 29.2 Å². The van der Waals surface area contributed by atoms with Gasteiger partial charge < -0.3 is 9.64 Å². The van der Waals surface area contributed by atoms with Crippen LogP contribution in [0.5, 0.6) is 5.75 Å². The molecule has 4 rings (SSSR count). The third-order valence-electron chi connectivity index (χ3n) is 5.49. The van der Waals surface area contributed by atoms with Crippen molar-refractivity contribution in [2.45, 2.75) is 38.6 Å². The van der Waals surface area contributed by atoms with Crippen molar-refractivity contribution in [3.8, 4) is 11.4 Å². The summed E-state index contributed by atoms with van der Waals surface area (Å²) < 4.78 is 19.2. The second-order valence-electron chi connectivity index (χ2n) is 7.53. The minimum atomic E-state index is -0.241. The van der Waals surface area contributed by atoms with Gasteiger partial charge >= 0.3 is 0 Å². The van der Waals surface area contributed by atoms with E-state index in [1.165, 1.54) is 10.9 Å². The van der Waals surface area contributed by atoms with Crippen LogP contribution in [-0.2, 0) is 0 Å². The smallest absolute Gasteiger partial charge is 0.256 e. The zero-order valence-corrected chi connectivity index (χ0v) is 17.0. The minimum absolute atomic E-state index is 0.00905. The molecule has 0 spiro atoms. The molecule has 1 saturated carbocycles. The summed E-state index contributed by atoms with van der Waals surface area (Å²) in [5.74, 6) is 0.394. The van der Waals surface area contributed by atoms with E-state index in [9.17, 15) is 9.18 Å². The molecular weight excluding hydrogens is 383 g/mol. The molecule has 2 aromatic carbocycles. The van der Waals surface area contributed by atoms with Gasteiger partial charge in [-0.15, -0.1) is 0 Å². The van der Waals surface area contributed by atoms with Crippen molar-refractivity contribution >= 4 is 5.91 Å². The zero-order valence-electron chi connectivity index (χ0n) is 17.0. The molecule has 0 unspecified atom stereocenters. The molecule has 1 amide bonds. The SMILES string of the molecule is Cc1cc(OCCCN(C(=O)c2ccccc2-n2nccn2)C2CCC2)ccc1F. The Morgan fingerprint density at radius 3 is 2.67 bits per heavy atom. The number of hydrogen-bond donors (Lipinski definition) is 0. The average Bonchev–Trinajstić information content (AvgIpc) is 3.25. The molecule has 3 aromatic rings. The van der Waals surface area contributed by atoms with E-state index in [2.05, 4.69) is 10.2 Å². The van der Waals surface area contributed by atoms with Gasteiger partial charge in [-0.05, 0) is 68.5 Å². The van der Waals surface area contributed by atoms with Gasteiger partial charge in [-0.2, -0.15) is 15.0 Å². The first-order valence-corrected chi connectivity index (χ1v) is 10.3. The quantitative estimate of drug-likeness (QED) is 0.525. The van der Waals surface area contributed by atoms with Crippen LogP contribution in [0.15, 0.2) is 54.9 Å². The molecule has 0 bridgehead atoms. The van der Waals surface area contributed by atoms with Crippen LogP contribution in [0.1, 0.15) is 41.6 Å². The second-order valence-corrected chi connectivity index (χ2v) is 7.53. The van der Waals surface area contributed by atoms with Crippen LogP contribution in [0.2, 0.25) is 0 Å². The standard InChI is InChI=1S/C23H25FN4O2/c1-17-16-19(10-11-21(17)24)30-15-5-14-27(18-6-4-7-18)23(29)20-8-2-3-9-22(20)28-25-12-13-26-28/h2-3,8-13,16,18H,4-7,14-15H2,1H3. The average molecular weight is 408 g/mol. The van der Waals surface area contributed by atoms with Gasteiger partial charge in [0.1, 0.15) is 11.6 Å². The molecule has 1 fully saturated rings. The molecule has 30 heavy (non-hydrogen) atoms. The Labute approximate surface area is 175 Å². The van der Waals surface area contributed by atoms with Crippen molar-refractivity contribution in [3.05, 3.63) is 71.8 Å². The van der Waals surface area contributed by atoms with Crippen molar-refractivity contribution in [1.29, 1.82) is 0 Å². The van der Waals surface area contributed by atoms with Crippen LogP contribution in [-0.4, -0.2) is 45.0 Å². The molecule has 0 N–H and O–H groups in total. The Kier molecular flexibility index (Phi) is 6.07. The van der Waals surface area contributed by atoms with E-state index >= 15 is 0 Å². The molecule has 1 aliphatic carbocycles. The van der Waals surface area contributed by atoms with E-state index in [0.717, 1.165) is 19.3 Å². The lowest BCUT2D eigenvalue weighted by Gasteiger charge is -2.38. The van der Waals surface area contributed by atoms with Crippen molar-refractivity contribution in [1.82, 2.24) is 19.9 Å². The Morgan fingerprint density at radius 1 is 1.20 bits per heavy atom. The molecule has 1 aliphatic rings. The number of carbonyl (C=O) groups is 1. The molecule has 7 heteroatoms. The van der Waals surface area contributed by atoms with Crippen LogP contribution in [0, 0.1) is 12.7 Å². The van der Waals surface area contributed by atoms with Crippen molar-refractivity contribution < 1.29 is 13.9 Å². The summed E-state index contributed by atoms with van der Waals surface area (Å²) >= 11 is 0. The summed E-state index contributed by atoms with van der Waals surface area (Å²) in [4.78, 5) is 16.8. The first-order chi connectivity index (χ1) is 14.6. The van der Waals surface area contributed by atoms with Crippen LogP contribution < -0.4 is 4.74 Å². The van der Waals surface area contributed by atoms with Gasteiger partial charge in [0.2, 0.25) is 0 Å². The van der Waals surface area contributed by atoms with Crippen LogP contribution in [0.4, 0.5) is 4.39 Å². The van der Waals surface area contributed by atoms with Crippen LogP contribution in [0.3, 0.4) is 0 Å². The number of aromatic nitrogens is 3. The maximum Gasteiger partial charge on any atom is 0.256 e. The first-order valence-electron chi connectivity index (χ1n) is 10.3. The number of nitrogens with zero attached hydrogens (tertiary/aromatic N) is 4. The number of ether oxygens (including phenoxy) is 1. The maximum atomic E-state index is 13.4. The molecule has 0 saturated heterocycles. The van der Waals surface area contributed by atoms with Gasteiger partial charge in [-0.25, -0.2) is 4.39 Å². The monoisotopic (exact) mass is 408 g/mol. The maximum absolute atomic E-state index is 13.4. The third kappa shape index (κ3) is 4.35. The Bertz CT molecular complexity index is 1000. The number of benzene rings is 2. The van der Waals surface area contributed by atoms with Gasteiger partial charge in [-0.1, -0.05) is 12.1 Å². The van der Waals surface area contributed by atoms with Crippen molar-refractivity contribution in [2.75, 3.05) is 13.2 Å². The molecule has 0 atom stereocenters. The number of aryl methyl sites for hydroxylation is 1. The number of hydrogen-bond acceptors (Lipinski definition) is 4. The summed E-state index contributed by atoms with van der Waals surface area (Å²) in [7, 11) is 0. The topological polar surface area (TPSA) is 60.2 Å². The summed E-state index contributed by atoms with van der Waals surface area (Å²) in [5, 5.41) is 8.36. The van der Waals surface area contributed by atoms with Gasteiger partial charge in [0.05, 0.1) is 30.3 Å². The minimum Gasteiger partial charge on any atom is -0.494 e. The van der Waals surface area contributed by atoms with Crippen LogP contribution >= 0.6 is 0 Å². The first kappa shape index (κ1) is 20.1. The molecule has 0 aliphatic heterocycles. The number of amides is 1. The number of halogens is 1. The van der Waals surface area contributed by atoms with Crippen LogP contribution in [0.25, 0.3) is 5.69 Å².